The Morgan fingerprint density at radius 3 is 2.33 bits per heavy atom. The number of nitrogens with two attached hydrogens (primary N) is 1. The fraction of sp³-hybridized carbons (Fsp3) is 0.333. The zero-order valence-electron chi connectivity index (χ0n) is 11.3. The van der Waals surface area contributed by atoms with Crippen molar-refractivity contribution in [3.8, 4) is 0 Å². The third kappa shape index (κ3) is 2.08. The Kier molecular flexibility index (Phi) is 3.07. The second-order valence-corrected chi connectivity index (χ2v) is 5.12. The summed E-state index contributed by atoms with van der Waals surface area (Å²) in [6.45, 7) is 8.33. The second kappa shape index (κ2) is 4.41. The minimum Gasteiger partial charge on any atom is -0.384 e. The summed E-state index contributed by atoms with van der Waals surface area (Å²) in [5.74, 6) is 0.432. The highest BCUT2D eigenvalue weighted by Crippen LogP contribution is 2.24. The Morgan fingerprint density at radius 1 is 1.17 bits per heavy atom. The Bertz CT molecular complexity index is 627. The number of aryl methyl sites for hydroxylation is 2. The lowest BCUT2D eigenvalue weighted by Crippen LogP contribution is -2.13. The van der Waals surface area contributed by atoms with Crippen molar-refractivity contribution in [2.24, 2.45) is 5.73 Å². The molecule has 1 heterocycles. The first-order valence-electron chi connectivity index (χ1n) is 6.16. The number of nitrogen functional groups attached to an aromatic ring is 1. The molecule has 3 heteroatoms. The molecular formula is C15H19N3. The molecule has 0 radical (unpaired) electrons. The highest BCUT2D eigenvalue weighted by molar-refractivity contribution is 6.07. The summed E-state index contributed by atoms with van der Waals surface area (Å²) in [4.78, 5) is 4.67. The van der Waals surface area contributed by atoms with E-state index in [0.717, 1.165) is 22.2 Å². The summed E-state index contributed by atoms with van der Waals surface area (Å²) >= 11 is 0. The number of pyridine rings is 1. The average molecular weight is 241 g/mol. The number of nitrogens with one attached hydrogen (secondary N) is 1. The molecule has 0 atom stereocenters. The van der Waals surface area contributed by atoms with Gasteiger partial charge in [-0.25, -0.2) is 0 Å². The maximum Gasteiger partial charge on any atom is 0.123 e. The Morgan fingerprint density at radius 2 is 1.78 bits per heavy atom. The van der Waals surface area contributed by atoms with E-state index in [1.165, 1.54) is 11.1 Å². The smallest absolute Gasteiger partial charge is 0.123 e. The molecule has 3 N–H and O–H groups in total. The molecule has 1 aromatic heterocycles. The number of hydrogen-bond donors (Lipinski definition) is 2. The summed E-state index contributed by atoms with van der Waals surface area (Å²) in [5.41, 5.74) is 10.8. The van der Waals surface area contributed by atoms with Crippen LogP contribution >= 0.6 is 0 Å². The van der Waals surface area contributed by atoms with E-state index in [1.54, 1.807) is 0 Å². The molecule has 0 aliphatic carbocycles. The lowest BCUT2D eigenvalue weighted by Gasteiger charge is -2.12. The summed E-state index contributed by atoms with van der Waals surface area (Å²) in [5, 5.41) is 8.70. The fourth-order valence-corrected chi connectivity index (χ4v) is 2.02. The van der Waals surface area contributed by atoms with Gasteiger partial charge in [0.05, 0.1) is 5.52 Å². The van der Waals surface area contributed by atoms with Gasteiger partial charge in [0.25, 0.3) is 0 Å². The number of aromatic nitrogens is 1. The fourth-order valence-electron chi connectivity index (χ4n) is 2.02. The van der Waals surface area contributed by atoms with Gasteiger partial charge in [-0.1, -0.05) is 13.8 Å². The van der Waals surface area contributed by atoms with Crippen molar-refractivity contribution < 1.29 is 0 Å². The molecule has 0 bridgehead atoms. The van der Waals surface area contributed by atoms with Gasteiger partial charge in [-0.2, -0.15) is 0 Å². The quantitative estimate of drug-likeness (QED) is 0.626. The molecule has 0 fully saturated rings. The summed E-state index contributed by atoms with van der Waals surface area (Å²) in [7, 11) is 0. The summed E-state index contributed by atoms with van der Waals surface area (Å²) in [6, 6.07) is 6.07. The molecule has 18 heavy (non-hydrogen) atoms. The summed E-state index contributed by atoms with van der Waals surface area (Å²) < 4.78 is 0. The highest BCUT2D eigenvalue weighted by Gasteiger charge is 2.11. The van der Waals surface area contributed by atoms with Crippen LogP contribution in [0.2, 0.25) is 0 Å². The van der Waals surface area contributed by atoms with Crippen LogP contribution in [0.25, 0.3) is 10.9 Å². The minimum atomic E-state index is 0.104. The molecule has 2 aromatic rings. The Labute approximate surface area is 108 Å². The van der Waals surface area contributed by atoms with E-state index < -0.39 is 0 Å². The van der Waals surface area contributed by atoms with Gasteiger partial charge >= 0.3 is 0 Å². The molecule has 0 saturated carbocycles. The first-order valence-corrected chi connectivity index (χ1v) is 6.16. The number of fused-ring (bicyclic) bond motifs is 1. The van der Waals surface area contributed by atoms with Gasteiger partial charge in [0.1, 0.15) is 5.84 Å². The highest BCUT2D eigenvalue weighted by atomic mass is 14.7. The SMILES string of the molecule is Cc1cc2nc(C(C)C)cc(C(=N)N)c2cc1C. The van der Waals surface area contributed by atoms with E-state index in [1.807, 2.05) is 6.07 Å². The van der Waals surface area contributed by atoms with Gasteiger partial charge in [0, 0.05) is 16.6 Å². The third-order valence-electron chi connectivity index (χ3n) is 3.33. The third-order valence-corrected chi connectivity index (χ3v) is 3.33. The number of rotatable bonds is 2. The van der Waals surface area contributed by atoms with Gasteiger partial charge in [-0.15, -0.1) is 0 Å². The van der Waals surface area contributed by atoms with Crippen molar-refractivity contribution in [1.29, 1.82) is 5.41 Å². The molecule has 0 saturated heterocycles. The van der Waals surface area contributed by atoms with Gasteiger partial charge in [-0.3, -0.25) is 10.4 Å². The van der Waals surface area contributed by atoms with Crippen LogP contribution in [0.1, 0.15) is 42.1 Å². The normalized spacial score (nSPS) is 11.2. The molecular weight excluding hydrogens is 222 g/mol. The van der Waals surface area contributed by atoms with Crippen LogP contribution in [-0.4, -0.2) is 10.8 Å². The van der Waals surface area contributed by atoms with Crippen molar-refractivity contribution in [2.45, 2.75) is 33.6 Å². The zero-order valence-corrected chi connectivity index (χ0v) is 11.3. The van der Waals surface area contributed by atoms with E-state index in [-0.39, 0.29) is 5.84 Å². The number of benzene rings is 1. The first-order chi connectivity index (χ1) is 8.40. The standard InChI is InChI=1S/C15H19N3/c1-8(2)13-7-12(15(16)17)11-5-9(3)10(4)6-14(11)18-13/h5-8H,1-4H3,(H3,16,17). The first kappa shape index (κ1) is 12.6. The van der Waals surface area contributed by atoms with Crippen LogP contribution in [-0.2, 0) is 0 Å². The van der Waals surface area contributed by atoms with Crippen molar-refractivity contribution in [3.63, 3.8) is 0 Å². The van der Waals surface area contributed by atoms with Crippen molar-refractivity contribution in [2.75, 3.05) is 0 Å². The molecule has 3 nitrogen and oxygen atoms in total. The van der Waals surface area contributed by atoms with Crippen LogP contribution < -0.4 is 5.73 Å². The lowest BCUT2D eigenvalue weighted by atomic mass is 9.99. The molecule has 94 valence electrons. The van der Waals surface area contributed by atoms with E-state index >= 15 is 0 Å². The number of nitrogens with zero attached hydrogens (tertiary/aromatic N) is 1. The van der Waals surface area contributed by atoms with Crippen molar-refractivity contribution >= 4 is 16.7 Å². The van der Waals surface area contributed by atoms with Gasteiger partial charge in [-0.05, 0) is 49.1 Å². The van der Waals surface area contributed by atoms with E-state index in [9.17, 15) is 0 Å². The van der Waals surface area contributed by atoms with Crippen LogP contribution in [0.4, 0.5) is 0 Å². The lowest BCUT2D eigenvalue weighted by molar-refractivity contribution is 0.829. The second-order valence-electron chi connectivity index (χ2n) is 5.12. The largest absolute Gasteiger partial charge is 0.384 e. The number of hydrogen-bond acceptors (Lipinski definition) is 2. The van der Waals surface area contributed by atoms with Crippen molar-refractivity contribution in [3.05, 3.63) is 40.6 Å². The molecule has 0 aliphatic rings. The van der Waals surface area contributed by atoms with Crippen LogP contribution in [0, 0.1) is 19.3 Å². The van der Waals surface area contributed by atoms with Crippen LogP contribution in [0.15, 0.2) is 18.2 Å². The Balaban J connectivity index is 2.85. The Hall–Kier alpha value is -1.90. The van der Waals surface area contributed by atoms with Gasteiger partial charge in [0.2, 0.25) is 0 Å². The van der Waals surface area contributed by atoms with Gasteiger partial charge in [0.15, 0.2) is 0 Å². The molecule has 1 aromatic carbocycles. The average Bonchev–Trinajstić information content (AvgIpc) is 2.29. The van der Waals surface area contributed by atoms with Crippen LogP contribution in [0.3, 0.4) is 0 Å². The molecule has 0 unspecified atom stereocenters. The minimum absolute atomic E-state index is 0.104. The molecule has 0 spiro atoms. The van der Waals surface area contributed by atoms with Crippen LogP contribution in [0.5, 0.6) is 0 Å². The predicted molar refractivity (Wildman–Crippen MR) is 76.3 cm³/mol. The molecule has 0 aliphatic heterocycles. The van der Waals surface area contributed by atoms with Crippen molar-refractivity contribution in [1.82, 2.24) is 4.98 Å². The maximum atomic E-state index is 7.73. The maximum absolute atomic E-state index is 7.73. The van der Waals surface area contributed by atoms with E-state index in [0.29, 0.717) is 5.92 Å². The van der Waals surface area contributed by atoms with E-state index in [2.05, 4.69) is 44.8 Å². The monoisotopic (exact) mass is 241 g/mol. The molecule has 2 rings (SSSR count). The molecule has 0 amide bonds. The predicted octanol–water partition coefficient (Wildman–Crippen LogP) is 3.26. The van der Waals surface area contributed by atoms with E-state index in [4.69, 9.17) is 11.1 Å². The summed E-state index contributed by atoms with van der Waals surface area (Å²) in [6.07, 6.45) is 0. The topological polar surface area (TPSA) is 62.8 Å². The number of amidine groups is 1. The van der Waals surface area contributed by atoms with Gasteiger partial charge < -0.3 is 5.73 Å². The zero-order chi connectivity index (χ0) is 13.4.